The van der Waals surface area contributed by atoms with E-state index in [-0.39, 0.29) is 49.0 Å². The number of phenols is 2. The molecule has 1 rings (SSSR count). The minimum atomic E-state index is -4.72. The van der Waals surface area contributed by atoms with Gasteiger partial charge in [0.15, 0.2) is 0 Å². The van der Waals surface area contributed by atoms with Crippen LogP contribution in [0.2, 0.25) is 0 Å². The van der Waals surface area contributed by atoms with Gasteiger partial charge in [-0.1, -0.05) is 0 Å². The maximum Gasteiger partial charge on any atom is 2.00 e. The molecule has 74 valence electrons. The van der Waals surface area contributed by atoms with Crippen LogP contribution in [-0.2, 0) is 10.1 Å². The Labute approximate surface area is 110 Å². The Bertz CT molecular complexity index is 401. The van der Waals surface area contributed by atoms with Crippen LogP contribution in [-0.4, -0.2) is 66.4 Å². The number of hydrogen-bond donors (Lipinski definition) is 2. The van der Waals surface area contributed by atoms with Crippen LogP contribution < -0.4 is 0 Å². The number of aromatic hydroxyl groups is 2. The Kier molecular flexibility index (Phi) is 6.72. The van der Waals surface area contributed by atoms with E-state index in [1.807, 2.05) is 0 Å². The molecule has 0 aliphatic carbocycles. The van der Waals surface area contributed by atoms with E-state index in [2.05, 4.69) is 0 Å². The van der Waals surface area contributed by atoms with Crippen molar-refractivity contribution in [1.29, 1.82) is 0 Å². The molecule has 0 bridgehead atoms. The standard InChI is InChI=1S/C6H6O5S.Ca.H2O/c7-4-1-2-5(8)6(3-4)12(9,10)11;;/h1-3,7-8H,(H,9,10,11);;1H2/q;+2;/p-1. The summed E-state index contributed by atoms with van der Waals surface area (Å²) in [5.74, 6) is -1.05. The minimum absolute atomic E-state index is 0. The first-order chi connectivity index (χ1) is 5.41. The fourth-order valence-electron chi connectivity index (χ4n) is 0.703. The van der Waals surface area contributed by atoms with Crippen LogP contribution in [0.4, 0.5) is 0 Å². The van der Waals surface area contributed by atoms with Crippen LogP contribution in [0.15, 0.2) is 23.1 Å². The van der Waals surface area contributed by atoms with E-state index >= 15 is 0 Å². The average Bonchev–Trinajstić information content (AvgIpc) is 1.92. The van der Waals surface area contributed by atoms with E-state index in [0.29, 0.717) is 6.07 Å². The molecule has 0 aliphatic heterocycles. The van der Waals surface area contributed by atoms with Crippen LogP contribution in [0.1, 0.15) is 0 Å². The van der Waals surface area contributed by atoms with Crippen LogP contribution in [0.5, 0.6) is 11.5 Å². The second kappa shape index (κ2) is 5.74. The molecule has 0 saturated carbocycles. The molecule has 4 N–H and O–H groups in total. The first-order valence-corrected chi connectivity index (χ1v) is 4.30. The molecule has 0 aliphatic rings. The molecule has 6 nitrogen and oxygen atoms in total. The Hall–Kier alpha value is -0.0503. The normalized spacial score (nSPS) is 9.79. The number of benzene rings is 1. The molecule has 0 heterocycles. The Balaban J connectivity index is 0. The van der Waals surface area contributed by atoms with Crippen molar-refractivity contribution in [2.45, 2.75) is 4.90 Å². The summed E-state index contributed by atoms with van der Waals surface area (Å²) in [4.78, 5) is -0.817. The molecule has 0 atom stereocenters. The fourth-order valence-corrected chi connectivity index (χ4v) is 1.29. The SMILES string of the molecule is O.O=S(=O)([O-])c1cc(O)ccc1O.[Ca+2]. The van der Waals surface area contributed by atoms with Gasteiger partial charge in [0.2, 0.25) is 0 Å². The largest absolute Gasteiger partial charge is 2.00 e. The number of rotatable bonds is 1. The summed E-state index contributed by atoms with van der Waals surface area (Å²) < 4.78 is 31.1. The molecular weight excluding hydrogens is 240 g/mol. The molecule has 0 amide bonds. The zero-order chi connectivity index (χ0) is 9.35. The van der Waals surface area contributed by atoms with E-state index in [9.17, 15) is 13.0 Å². The van der Waals surface area contributed by atoms with Gasteiger partial charge in [-0.3, -0.25) is 0 Å². The van der Waals surface area contributed by atoms with Gasteiger partial charge in [-0.05, 0) is 12.1 Å². The van der Waals surface area contributed by atoms with E-state index in [0.717, 1.165) is 12.1 Å². The molecule has 14 heavy (non-hydrogen) atoms. The zero-order valence-electron chi connectivity index (χ0n) is 6.97. The van der Waals surface area contributed by atoms with Crippen LogP contribution in [0.25, 0.3) is 0 Å². The van der Waals surface area contributed by atoms with Gasteiger partial charge in [0, 0.05) is 6.07 Å². The van der Waals surface area contributed by atoms with Crippen molar-refractivity contribution < 1.29 is 28.7 Å². The molecule has 0 saturated heterocycles. The first-order valence-electron chi connectivity index (χ1n) is 2.89. The van der Waals surface area contributed by atoms with Crippen molar-refractivity contribution in [2.75, 3.05) is 0 Å². The number of phenolic OH excluding ortho intramolecular Hbond substituents is 2. The van der Waals surface area contributed by atoms with Gasteiger partial charge >= 0.3 is 37.7 Å². The fraction of sp³-hybridized carbons (Fsp3) is 0. The summed E-state index contributed by atoms with van der Waals surface area (Å²) in [5.41, 5.74) is 0. The topological polar surface area (TPSA) is 129 Å². The molecular formula is C6H7CaO6S+. The summed E-state index contributed by atoms with van der Waals surface area (Å²) >= 11 is 0. The Morgan fingerprint density at radius 3 is 2.07 bits per heavy atom. The van der Waals surface area contributed by atoms with Crippen molar-refractivity contribution in [3.8, 4) is 11.5 Å². The van der Waals surface area contributed by atoms with Gasteiger partial charge in [0.25, 0.3) is 0 Å². The predicted molar refractivity (Wildman–Crippen MR) is 47.1 cm³/mol. The minimum Gasteiger partial charge on any atom is -0.744 e. The average molecular weight is 247 g/mol. The van der Waals surface area contributed by atoms with E-state index in [4.69, 9.17) is 10.2 Å². The molecule has 1 aromatic carbocycles. The van der Waals surface area contributed by atoms with Crippen molar-refractivity contribution >= 4 is 47.9 Å². The molecule has 8 heteroatoms. The quantitative estimate of drug-likeness (QED) is 0.365. The summed E-state index contributed by atoms with van der Waals surface area (Å²) in [6.07, 6.45) is 0. The van der Waals surface area contributed by atoms with Gasteiger partial charge in [-0.25, -0.2) is 8.42 Å². The van der Waals surface area contributed by atoms with Crippen LogP contribution >= 0.6 is 0 Å². The van der Waals surface area contributed by atoms with Crippen molar-refractivity contribution in [3.63, 3.8) is 0 Å². The Morgan fingerprint density at radius 2 is 1.71 bits per heavy atom. The second-order valence-electron chi connectivity index (χ2n) is 2.11. The van der Waals surface area contributed by atoms with Crippen LogP contribution in [0.3, 0.4) is 0 Å². The van der Waals surface area contributed by atoms with Crippen molar-refractivity contribution in [2.24, 2.45) is 0 Å². The van der Waals surface area contributed by atoms with E-state index in [1.54, 1.807) is 0 Å². The van der Waals surface area contributed by atoms with Gasteiger partial charge < -0.3 is 20.2 Å². The smallest absolute Gasteiger partial charge is 0.744 e. The molecule has 0 radical (unpaired) electrons. The first kappa shape index (κ1) is 16.4. The third-order valence-electron chi connectivity index (χ3n) is 1.21. The van der Waals surface area contributed by atoms with Crippen LogP contribution in [0, 0.1) is 0 Å². The third-order valence-corrected chi connectivity index (χ3v) is 2.08. The third kappa shape index (κ3) is 3.99. The maximum atomic E-state index is 10.4. The van der Waals surface area contributed by atoms with Gasteiger partial charge in [-0.15, -0.1) is 0 Å². The van der Waals surface area contributed by atoms with Gasteiger partial charge in [0.05, 0.1) is 4.90 Å². The maximum absolute atomic E-state index is 10.4. The zero-order valence-corrected chi connectivity index (χ0v) is 9.99. The van der Waals surface area contributed by atoms with E-state index in [1.165, 1.54) is 0 Å². The molecule has 0 spiro atoms. The predicted octanol–water partition coefficient (Wildman–Crippen LogP) is -1.20. The summed E-state index contributed by atoms with van der Waals surface area (Å²) in [6, 6.07) is 2.70. The molecule has 0 aromatic heterocycles. The summed E-state index contributed by atoms with van der Waals surface area (Å²) in [7, 11) is -4.72. The van der Waals surface area contributed by atoms with Crippen molar-refractivity contribution in [1.82, 2.24) is 0 Å². The van der Waals surface area contributed by atoms with E-state index < -0.39 is 20.8 Å². The monoisotopic (exact) mass is 247 g/mol. The second-order valence-corrected chi connectivity index (χ2v) is 3.45. The molecule has 0 unspecified atom stereocenters. The van der Waals surface area contributed by atoms with Gasteiger partial charge in [-0.2, -0.15) is 0 Å². The summed E-state index contributed by atoms with van der Waals surface area (Å²) in [5, 5.41) is 17.7. The number of hydrogen-bond acceptors (Lipinski definition) is 5. The van der Waals surface area contributed by atoms with Crippen molar-refractivity contribution in [3.05, 3.63) is 18.2 Å². The summed E-state index contributed by atoms with van der Waals surface area (Å²) in [6.45, 7) is 0. The molecule has 0 fully saturated rings. The van der Waals surface area contributed by atoms with Gasteiger partial charge in [0.1, 0.15) is 21.6 Å². The Morgan fingerprint density at radius 1 is 1.21 bits per heavy atom. The molecule has 1 aromatic rings.